The van der Waals surface area contributed by atoms with Gasteiger partial charge in [0.05, 0.1) is 23.5 Å². The van der Waals surface area contributed by atoms with E-state index in [1.807, 2.05) is 22.7 Å². The number of nitrogens with zero attached hydrogens (tertiary/aromatic N) is 4. The molecule has 0 saturated heterocycles. The first kappa shape index (κ1) is 82.8. The van der Waals surface area contributed by atoms with Crippen molar-refractivity contribution in [1.29, 1.82) is 0 Å². The van der Waals surface area contributed by atoms with Crippen molar-refractivity contribution in [2.24, 2.45) is 0 Å². The van der Waals surface area contributed by atoms with Crippen molar-refractivity contribution in [1.82, 2.24) is 17.5 Å². The third-order valence-corrected chi connectivity index (χ3v) is 28.1. The highest BCUT2D eigenvalue weighted by Crippen LogP contribution is 2.64. The van der Waals surface area contributed by atoms with Gasteiger partial charge >= 0.3 is 0 Å². The van der Waals surface area contributed by atoms with Crippen LogP contribution in [0.4, 0.5) is 0 Å². The average Bonchev–Trinajstić information content (AvgIpc) is 1.58. The molecule has 0 bridgehead atoms. The summed E-state index contributed by atoms with van der Waals surface area (Å²) in [6.45, 7) is 13.9. The molecule has 9 rings (SSSR count). The highest BCUT2D eigenvalue weighted by atomic mass is 32.1. The summed E-state index contributed by atoms with van der Waals surface area (Å²) in [5.41, 5.74) is 19.2. The first-order valence-corrected chi connectivity index (χ1v) is 47.4. The predicted octanol–water partition coefficient (Wildman–Crippen LogP) is 33.8. The highest BCUT2D eigenvalue weighted by Gasteiger charge is 2.50. The second-order valence-electron chi connectivity index (χ2n) is 33.0. The molecule has 2 aliphatic carbocycles. The van der Waals surface area contributed by atoms with E-state index in [1.165, 1.54) is 467 Å². The van der Waals surface area contributed by atoms with Crippen molar-refractivity contribution in [3.05, 3.63) is 81.2 Å². The van der Waals surface area contributed by atoms with Gasteiger partial charge in [0.25, 0.3) is 0 Å². The molecule has 0 atom stereocenters. The topological polar surface area (TPSA) is 51.6 Å². The first-order valence-electron chi connectivity index (χ1n) is 44.3. The molecule has 3 aromatic carbocycles. The molecule has 0 unspecified atom stereocenters. The Morgan fingerprint density at radius 1 is 0.245 bits per heavy atom. The Kier molecular flexibility index (Phi) is 38.5. The maximum absolute atomic E-state index is 5.53. The lowest BCUT2D eigenvalue weighted by molar-refractivity contribution is 0.393. The van der Waals surface area contributed by atoms with Crippen LogP contribution in [0.3, 0.4) is 0 Å². The number of rotatable bonds is 62. The van der Waals surface area contributed by atoms with E-state index in [9.17, 15) is 0 Å². The minimum Gasteiger partial charge on any atom is -0.173 e. The van der Waals surface area contributed by atoms with Crippen molar-refractivity contribution in [2.75, 3.05) is 0 Å². The van der Waals surface area contributed by atoms with Crippen molar-refractivity contribution in [3.8, 4) is 42.4 Å². The lowest BCUT2D eigenvalue weighted by Gasteiger charge is -2.35. The molecule has 7 aromatic rings. The van der Waals surface area contributed by atoms with E-state index in [0.717, 1.165) is 16.6 Å². The standard InChI is InChI=1S/C94H146N4S4/c1-7-11-15-19-23-27-31-35-39-43-47-51-55-59-67-93(68-60-56-52-48-44-40-36-32-28-24-20-16-12-8-2)80-73-78-81(72-77(80)87-82(93)71-75(5)89-91(87)97-101-95-89)94(69-61-57-53-49-45-41-37-33-29-25-21-17-13-9-3,70-62-58-54-50-46-42-38-34-30-26-22-18-14-10-4)83-74-79(90-92(88(78)83)98-102-96-90)84-65-66-86(100-84)85-64-63-76(6)99-85/h63-66,71-74H,7-62,67-70H2,1-6H3. The Morgan fingerprint density at radius 2 is 0.500 bits per heavy atom. The predicted molar refractivity (Wildman–Crippen MR) is 457 cm³/mol. The van der Waals surface area contributed by atoms with Crippen LogP contribution in [0.25, 0.3) is 64.5 Å². The quantitative estimate of drug-likeness (QED) is 0.0357. The molecule has 2 aliphatic rings. The first-order chi connectivity index (χ1) is 50.4. The fourth-order valence-corrected chi connectivity index (χ4v) is 21.8. The van der Waals surface area contributed by atoms with Crippen LogP contribution in [0.5, 0.6) is 0 Å². The number of thiophene rings is 2. The van der Waals surface area contributed by atoms with E-state index in [2.05, 4.69) is 90.1 Å². The van der Waals surface area contributed by atoms with Crippen molar-refractivity contribution >= 4 is 68.2 Å². The van der Waals surface area contributed by atoms with E-state index >= 15 is 0 Å². The zero-order chi connectivity index (χ0) is 71.1. The lowest BCUT2D eigenvalue weighted by atomic mass is 9.68. The van der Waals surface area contributed by atoms with Crippen LogP contribution in [0, 0.1) is 13.8 Å². The summed E-state index contributed by atoms with van der Waals surface area (Å²) < 4.78 is 21.4. The largest absolute Gasteiger partial charge is 0.173 e. The van der Waals surface area contributed by atoms with Crippen molar-refractivity contribution in [2.45, 2.75) is 438 Å². The van der Waals surface area contributed by atoms with Crippen LogP contribution < -0.4 is 0 Å². The summed E-state index contributed by atoms with van der Waals surface area (Å²) in [4.78, 5) is 5.44. The van der Waals surface area contributed by atoms with Gasteiger partial charge in [0, 0.05) is 47.0 Å². The molecule has 4 nitrogen and oxygen atoms in total. The summed E-state index contributed by atoms with van der Waals surface area (Å²) in [5.74, 6) is 0. The second-order valence-corrected chi connectivity index (χ2v) is 36.4. The molecule has 4 heterocycles. The number of hydrogen-bond acceptors (Lipinski definition) is 8. The minimum absolute atomic E-state index is 0.0852. The van der Waals surface area contributed by atoms with Gasteiger partial charge in [-0.3, -0.25) is 0 Å². The molecule has 566 valence electrons. The van der Waals surface area contributed by atoms with Gasteiger partial charge in [-0.1, -0.05) is 393 Å². The summed E-state index contributed by atoms with van der Waals surface area (Å²) in [6, 6.07) is 20.5. The normalized spacial score (nSPS) is 13.5. The lowest BCUT2D eigenvalue weighted by Crippen LogP contribution is -2.27. The maximum atomic E-state index is 5.53. The van der Waals surface area contributed by atoms with Crippen LogP contribution in [-0.4, -0.2) is 17.5 Å². The molecule has 0 saturated carbocycles. The molecule has 0 fully saturated rings. The number of aryl methyl sites for hydroxylation is 2. The summed E-state index contributed by atoms with van der Waals surface area (Å²) in [6.07, 6.45) is 82.6. The van der Waals surface area contributed by atoms with Gasteiger partial charge in [0.15, 0.2) is 0 Å². The molecule has 0 N–H and O–H groups in total. The summed E-state index contributed by atoms with van der Waals surface area (Å²) in [7, 11) is 0. The SMILES string of the molecule is CCCCCCCCCCCCCCCCC1(CCCCCCCCCCCCCCCC)c2cc3c(cc2-c2c1cc(C)c1nsnc21)C(CCCCCCCCCCCCCCCC)(CCCCCCCCCCCCCCCC)c1cc(-c2ccc(-c4ccc(C)s4)s2)c2nsnc2c1-3. The highest BCUT2D eigenvalue weighted by molar-refractivity contribution is 7.24. The van der Waals surface area contributed by atoms with Crippen LogP contribution in [-0.2, 0) is 10.8 Å². The summed E-state index contributed by atoms with van der Waals surface area (Å²) >= 11 is 6.78. The van der Waals surface area contributed by atoms with E-state index < -0.39 is 0 Å². The van der Waals surface area contributed by atoms with E-state index in [1.54, 1.807) is 22.3 Å². The van der Waals surface area contributed by atoms with E-state index in [-0.39, 0.29) is 10.8 Å². The number of aromatic nitrogens is 4. The summed E-state index contributed by atoms with van der Waals surface area (Å²) in [5, 5.41) is 0. The third kappa shape index (κ3) is 24.4. The average molecular weight is 1460 g/mol. The van der Waals surface area contributed by atoms with E-state index in [4.69, 9.17) is 17.5 Å². The van der Waals surface area contributed by atoms with Gasteiger partial charge in [0.1, 0.15) is 22.1 Å². The fourth-order valence-electron chi connectivity index (χ4n) is 18.6. The zero-order valence-electron chi connectivity index (χ0n) is 66.5. The molecule has 0 radical (unpaired) electrons. The van der Waals surface area contributed by atoms with Crippen LogP contribution >= 0.6 is 46.1 Å². The second kappa shape index (κ2) is 47.5. The molecule has 0 amide bonds. The Bertz CT molecular complexity index is 3330. The van der Waals surface area contributed by atoms with Crippen LogP contribution in [0.1, 0.15) is 446 Å². The fraction of sp³-hybridized carbons (Fsp3) is 0.723. The molecule has 102 heavy (non-hydrogen) atoms. The molecule has 8 heteroatoms. The molecule has 0 aliphatic heterocycles. The van der Waals surface area contributed by atoms with Crippen molar-refractivity contribution in [3.63, 3.8) is 0 Å². The Hall–Kier alpha value is -3.30. The Labute approximate surface area is 642 Å². The van der Waals surface area contributed by atoms with Crippen LogP contribution in [0.15, 0.2) is 48.5 Å². The van der Waals surface area contributed by atoms with E-state index in [0.29, 0.717) is 0 Å². The van der Waals surface area contributed by atoms with Crippen molar-refractivity contribution < 1.29 is 0 Å². The molecular formula is C94H146N4S4. The monoisotopic (exact) mass is 1460 g/mol. The minimum atomic E-state index is -0.135. The zero-order valence-corrected chi connectivity index (χ0v) is 69.7. The van der Waals surface area contributed by atoms with Gasteiger partial charge in [-0.05, 0) is 121 Å². The van der Waals surface area contributed by atoms with Gasteiger partial charge in [0.2, 0.25) is 0 Å². The Morgan fingerprint density at radius 3 is 0.824 bits per heavy atom. The van der Waals surface area contributed by atoms with Crippen LogP contribution in [0.2, 0.25) is 0 Å². The number of hydrogen-bond donors (Lipinski definition) is 0. The number of benzene rings is 3. The molecule has 0 spiro atoms. The number of fused-ring (bicyclic) bond motifs is 10. The van der Waals surface area contributed by atoms with Gasteiger partial charge in [-0.2, -0.15) is 17.5 Å². The Balaban J connectivity index is 1.04. The van der Waals surface area contributed by atoms with Gasteiger partial charge < -0.3 is 0 Å². The molecule has 4 aromatic heterocycles. The van der Waals surface area contributed by atoms with Gasteiger partial charge in [-0.15, -0.1) is 22.7 Å². The van der Waals surface area contributed by atoms with Gasteiger partial charge in [-0.25, -0.2) is 0 Å². The number of unbranched alkanes of at least 4 members (excludes halogenated alkanes) is 52. The molecular weight excluding hydrogens is 1310 g/mol. The maximum Gasteiger partial charge on any atom is 0.114 e. The third-order valence-electron chi connectivity index (χ3n) is 24.7. The smallest absolute Gasteiger partial charge is 0.114 e.